The third kappa shape index (κ3) is 7.14. The summed E-state index contributed by atoms with van der Waals surface area (Å²) in [5.41, 5.74) is 1.38. The summed E-state index contributed by atoms with van der Waals surface area (Å²) in [5, 5.41) is 0. The molecule has 1 aromatic carbocycles. The Morgan fingerprint density at radius 3 is 1.68 bits per heavy atom. The smallest absolute Gasteiger partial charge is 0.343 e. The van der Waals surface area contributed by atoms with Gasteiger partial charge in [-0.2, -0.15) is 0 Å². The number of ether oxygens (including phenoxy) is 2. The molecule has 4 nitrogen and oxygen atoms in total. The first-order valence-electron chi connectivity index (χ1n) is 7.38. The average Bonchev–Trinajstić information content (AvgIpc) is 2.58. The highest BCUT2D eigenvalue weighted by atomic mass is 16.5. The van der Waals surface area contributed by atoms with Crippen LogP contribution in [-0.2, 0) is 9.47 Å². The lowest BCUT2D eigenvalue weighted by molar-refractivity contribution is 0.0623. The Kier molecular flexibility index (Phi) is 7.60. The van der Waals surface area contributed by atoms with Crippen molar-refractivity contribution in [2.75, 3.05) is 0 Å². The van der Waals surface area contributed by atoms with Gasteiger partial charge in [-0.1, -0.05) is 50.1 Å². The third-order valence-electron chi connectivity index (χ3n) is 2.78. The third-order valence-corrected chi connectivity index (χ3v) is 2.78. The van der Waals surface area contributed by atoms with Gasteiger partial charge in [0.1, 0.15) is 11.5 Å². The fourth-order valence-corrected chi connectivity index (χ4v) is 1.58. The van der Waals surface area contributed by atoms with E-state index in [1.807, 2.05) is 6.92 Å². The van der Waals surface area contributed by atoms with Gasteiger partial charge in [0, 0.05) is 0 Å². The average molecular weight is 336 g/mol. The van der Waals surface area contributed by atoms with Gasteiger partial charge in [0.15, 0.2) is 0 Å². The first-order chi connectivity index (χ1) is 11.8. The van der Waals surface area contributed by atoms with Crippen LogP contribution in [0.2, 0.25) is 0 Å². The van der Waals surface area contributed by atoms with E-state index in [1.54, 1.807) is 24.3 Å². The number of carbonyl (C=O) groups excluding carboxylic acids is 2. The molecule has 25 heavy (non-hydrogen) atoms. The van der Waals surface area contributed by atoms with Crippen LogP contribution in [0.5, 0.6) is 0 Å². The SMILES string of the molecule is C=C/C=C\C(=C)OC(=O)c1ccc(C(=O)OC(=C)/C=C\C(=C)C)cc1. The molecule has 128 valence electrons. The van der Waals surface area contributed by atoms with Crippen molar-refractivity contribution in [3.63, 3.8) is 0 Å². The quantitative estimate of drug-likeness (QED) is 0.385. The summed E-state index contributed by atoms with van der Waals surface area (Å²) >= 11 is 0. The van der Waals surface area contributed by atoms with Crippen LogP contribution in [0.1, 0.15) is 27.6 Å². The number of rotatable bonds is 8. The lowest BCUT2D eigenvalue weighted by Crippen LogP contribution is -2.06. The van der Waals surface area contributed by atoms with E-state index in [1.165, 1.54) is 30.3 Å². The van der Waals surface area contributed by atoms with Gasteiger partial charge in [0.2, 0.25) is 0 Å². The normalized spacial score (nSPS) is 10.4. The molecule has 0 aromatic heterocycles. The Hall–Kier alpha value is -3.40. The van der Waals surface area contributed by atoms with Crippen LogP contribution in [0.4, 0.5) is 0 Å². The van der Waals surface area contributed by atoms with Crippen molar-refractivity contribution >= 4 is 11.9 Å². The van der Waals surface area contributed by atoms with E-state index in [0.29, 0.717) is 0 Å². The number of carbonyl (C=O) groups is 2. The number of hydrogen-bond donors (Lipinski definition) is 0. The van der Waals surface area contributed by atoms with Crippen molar-refractivity contribution in [3.8, 4) is 0 Å². The van der Waals surface area contributed by atoms with Gasteiger partial charge in [-0.25, -0.2) is 9.59 Å². The highest BCUT2D eigenvalue weighted by Gasteiger charge is 2.12. The summed E-state index contributed by atoms with van der Waals surface area (Å²) in [6.45, 7) is 16.2. The van der Waals surface area contributed by atoms with Gasteiger partial charge >= 0.3 is 11.9 Å². The summed E-state index contributed by atoms with van der Waals surface area (Å²) in [7, 11) is 0. The molecule has 0 unspecified atom stereocenters. The largest absolute Gasteiger partial charge is 0.424 e. The predicted octanol–water partition coefficient (Wildman–Crippen LogP) is 4.90. The molecule has 0 aliphatic rings. The first-order valence-corrected chi connectivity index (χ1v) is 7.38. The van der Waals surface area contributed by atoms with E-state index >= 15 is 0 Å². The van der Waals surface area contributed by atoms with Crippen LogP contribution in [0.15, 0.2) is 98.1 Å². The maximum atomic E-state index is 12.0. The molecule has 1 aromatic rings. The zero-order valence-electron chi connectivity index (χ0n) is 14.2. The molecule has 0 N–H and O–H groups in total. The van der Waals surface area contributed by atoms with E-state index < -0.39 is 11.9 Å². The number of allylic oxidation sites excluding steroid dienone is 6. The Balaban J connectivity index is 2.70. The monoisotopic (exact) mass is 336 g/mol. The fourth-order valence-electron chi connectivity index (χ4n) is 1.58. The van der Waals surface area contributed by atoms with Crippen molar-refractivity contribution in [2.45, 2.75) is 6.92 Å². The summed E-state index contributed by atoms with van der Waals surface area (Å²) in [6, 6.07) is 5.87. The van der Waals surface area contributed by atoms with E-state index in [-0.39, 0.29) is 22.6 Å². The fraction of sp³-hybridized carbons (Fsp3) is 0.0476. The van der Waals surface area contributed by atoms with Gasteiger partial charge in [-0.15, -0.1) is 0 Å². The zero-order chi connectivity index (χ0) is 18.8. The van der Waals surface area contributed by atoms with Gasteiger partial charge in [0.25, 0.3) is 0 Å². The predicted molar refractivity (Wildman–Crippen MR) is 98.8 cm³/mol. The molecule has 4 heteroatoms. The second kappa shape index (κ2) is 9.67. The number of benzene rings is 1. The molecule has 1 rings (SSSR count). The maximum absolute atomic E-state index is 12.0. The van der Waals surface area contributed by atoms with E-state index in [2.05, 4.69) is 26.3 Å². The van der Waals surface area contributed by atoms with Crippen LogP contribution in [0.3, 0.4) is 0 Å². The Morgan fingerprint density at radius 2 is 1.28 bits per heavy atom. The lowest BCUT2D eigenvalue weighted by atomic mass is 10.1. The summed E-state index contributed by atoms with van der Waals surface area (Å²) in [6.07, 6.45) is 7.89. The highest BCUT2D eigenvalue weighted by molar-refractivity contribution is 5.94. The molecule has 0 amide bonds. The van der Waals surface area contributed by atoms with Crippen molar-refractivity contribution < 1.29 is 19.1 Å². The molecule has 0 fully saturated rings. The van der Waals surface area contributed by atoms with Crippen LogP contribution in [-0.4, -0.2) is 11.9 Å². The Bertz CT molecular complexity index is 762. The number of hydrogen-bond acceptors (Lipinski definition) is 4. The van der Waals surface area contributed by atoms with E-state index in [9.17, 15) is 9.59 Å². The van der Waals surface area contributed by atoms with Crippen molar-refractivity contribution in [1.29, 1.82) is 0 Å². The molecule has 0 saturated heterocycles. The Labute approximate surface area is 147 Å². The lowest BCUT2D eigenvalue weighted by Gasteiger charge is -2.06. The second-order valence-corrected chi connectivity index (χ2v) is 5.06. The standard InChI is InChI=1S/C21H20O4/c1-6-7-8-16(4)24-20(22)18-11-13-19(14-12-18)21(23)25-17(5)10-9-15(2)3/h6-14H,1-2,4-5H2,3H3/b8-7-,10-9-. The molecule has 0 saturated carbocycles. The molecule has 0 radical (unpaired) electrons. The minimum Gasteiger partial charge on any atom is -0.424 e. The molecule has 0 bridgehead atoms. The van der Waals surface area contributed by atoms with Crippen molar-refractivity contribution in [1.82, 2.24) is 0 Å². The van der Waals surface area contributed by atoms with E-state index in [4.69, 9.17) is 9.47 Å². The molecule has 0 aliphatic heterocycles. The highest BCUT2D eigenvalue weighted by Crippen LogP contribution is 2.11. The van der Waals surface area contributed by atoms with Crippen LogP contribution in [0.25, 0.3) is 0 Å². The van der Waals surface area contributed by atoms with Gasteiger partial charge in [0.05, 0.1) is 11.1 Å². The Morgan fingerprint density at radius 1 is 0.840 bits per heavy atom. The van der Waals surface area contributed by atoms with Crippen LogP contribution < -0.4 is 0 Å². The molecule has 0 spiro atoms. The first kappa shape index (κ1) is 19.6. The van der Waals surface area contributed by atoms with Crippen molar-refractivity contribution in [3.05, 3.63) is 109 Å². The molecule has 0 aliphatic carbocycles. The minimum absolute atomic E-state index is 0.189. The number of esters is 2. The summed E-state index contributed by atoms with van der Waals surface area (Å²) in [5.74, 6) is -0.766. The van der Waals surface area contributed by atoms with Crippen LogP contribution in [0, 0.1) is 0 Å². The topological polar surface area (TPSA) is 52.6 Å². The maximum Gasteiger partial charge on any atom is 0.343 e. The molecular weight excluding hydrogens is 316 g/mol. The van der Waals surface area contributed by atoms with Crippen LogP contribution >= 0.6 is 0 Å². The molecular formula is C21H20O4. The zero-order valence-corrected chi connectivity index (χ0v) is 14.2. The van der Waals surface area contributed by atoms with Gasteiger partial charge < -0.3 is 9.47 Å². The summed E-state index contributed by atoms with van der Waals surface area (Å²) < 4.78 is 10.1. The second-order valence-electron chi connectivity index (χ2n) is 5.06. The molecule has 0 heterocycles. The minimum atomic E-state index is -0.576. The van der Waals surface area contributed by atoms with E-state index in [0.717, 1.165) is 5.57 Å². The summed E-state index contributed by atoms with van der Waals surface area (Å²) in [4.78, 5) is 23.9. The van der Waals surface area contributed by atoms with Gasteiger partial charge in [-0.3, -0.25) is 0 Å². The molecule has 0 atom stereocenters. The van der Waals surface area contributed by atoms with Crippen molar-refractivity contribution in [2.24, 2.45) is 0 Å². The van der Waals surface area contributed by atoms with Gasteiger partial charge in [-0.05, 0) is 43.3 Å².